The molecule has 1 aromatic heterocycles. The summed E-state index contributed by atoms with van der Waals surface area (Å²) in [5.74, 6) is 0.0118. The van der Waals surface area contributed by atoms with Gasteiger partial charge in [0.2, 0.25) is 0 Å². The number of aromatic amines is 1. The summed E-state index contributed by atoms with van der Waals surface area (Å²) < 4.78 is 0. The number of para-hydroxylation sites is 1. The van der Waals surface area contributed by atoms with Crippen molar-refractivity contribution in [3.63, 3.8) is 0 Å². The Hall–Kier alpha value is -1.61. The van der Waals surface area contributed by atoms with E-state index in [-0.39, 0.29) is 5.78 Å². The summed E-state index contributed by atoms with van der Waals surface area (Å²) in [6.07, 6.45) is 2.49. The lowest BCUT2D eigenvalue weighted by atomic mass is 9.90. The van der Waals surface area contributed by atoms with Crippen molar-refractivity contribution < 1.29 is 4.79 Å². The zero-order valence-corrected chi connectivity index (χ0v) is 9.58. The summed E-state index contributed by atoms with van der Waals surface area (Å²) in [6, 6.07) is 8.02. The van der Waals surface area contributed by atoms with E-state index in [1.54, 1.807) is 6.92 Å². The van der Waals surface area contributed by atoms with Gasteiger partial charge in [-0.2, -0.15) is 0 Å². The van der Waals surface area contributed by atoms with E-state index in [0.29, 0.717) is 6.42 Å². The van der Waals surface area contributed by atoms with E-state index in [0.717, 1.165) is 16.5 Å². The average molecular weight is 216 g/mol. The van der Waals surface area contributed by atoms with Gasteiger partial charge >= 0.3 is 0 Å². The molecule has 0 aliphatic rings. The lowest BCUT2D eigenvalue weighted by Gasteiger charge is -2.20. The van der Waals surface area contributed by atoms with Crippen molar-refractivity contribution in [1.82, 2.24) is 4.98 Å². The monoisotopic (exact) mass is 216 g/mol. The number of Topliss-reactive ketones (excluding diaryl/α,β-unsaturated/α-hetero) is 1. The van der Waals surface area contributed by atoms with E-state index in [9.17, 15) is 4.79 Å². The quantitative estimate of drug-likeness (QED) is 0.824. The number of hydrogen-bond acceptors (Lipinski definition) is 2. The van der Waals surface area contributed by atoms with Gasteiger partial charge in [0.05, 0.1) is 5.54 Å². The van der Waals surface area contributed by atoms with Crippen LogP contribution in [0.25, 0.3) is 10.9 Å². The number of fused-ring (bicyclic) bond motifs is 1. The largest absolute Gasteiger partial charge is 0.361 e. The molecule has 0 aliphatic carbocycles. The fraction of sp³-hybridized carbons (Fsp3) is 0.308. The molecule has 0 unspecified atom stereocenters. The predicted octanol–water partition coefficient (Wildman–Crippen LogP) is 2.02. The van der Waals surface area contributed by atoms with Crippen molar-refractivity contribution in [2.24, 2.45) is 5.73 Å². The first-order chi connectivity index (χ1) is 7.50. The summed E-state index contributed by atoms with van der Waals surface area (Å²) in [4.78, 5) is 14.6. The molecule has 2 rings (SSSR count). The summed E-state index contributed by atoms with van der Waals surface area (Å²) in [5, 5.41) is 1.14. The Labute approximate surface area is 94.6 Å². The van der Waals surface area contributed by atoms with Gasteiger partial charge in [-0.15, -0.1) is 0 Å². The second-order valence-electron chi connectivity index (χ2n) is 4.51. The first-order valence-corrected chi connectivity index (χ1v) is 5.35. The molecule has 0 radical (unpaired) electrons. The number of rotatable bonds is 3. The Bertz CT molecular complexity index is 525. The molecule has 16 heavy (non-hydrogen) atoms. The number of aromatic nitrogens is 1. The van der Waals surface area contributed by atoms with Gasteiger partial charge in [-0.25, -0.2) is 0 Å². The number of hydrogen-bond donors (Lipinski definition) is 2. The first kappa shape index (κ1) is 10.9. The fourth-order valence-electron chi connectivity index (χ4n) is 1.80. The highest BCUT2D eigenvalue weighted by Gasteiger charge is 2.25. The van der Waals surface area contributed by atoms with Crippen LogP contribution in [-0.4, -0.2) is 16.3 Å². The predicted molar refractivity (Wildman–Crippen MR) is 65.3 cm³/mol. The molecular weight excluding hydrogens is 200 g/mol. The Morgan fingerprint density at radius 1 is 1.44 bits per heavy atom. The number of carbonyl (C=O) groups excluding carboxylic acids is 1. The zero-order valence-electron chi connectivity index (χ0n) is 9.58. The molecule has 3 nitrogen and oxygen atoms in total. The molecule has 84 valence electrons. The van der Waals surface area contributed by atoms with Crippen molar-refractivity contribution >= 4 is 16.7 Å². The highest BCUT2D eigenvalue weighted by atomic mass is 16.1. The van der Waals surface area contributed by atoms with E-state index in [1.807, 2.05) is 30.5 Å². The number of carbonyl (C=O) groups is 1. The third-order valence-corrected chi connectivity index (χ3v) is 3.04. The number of ketones is 1. The van der Waals surface area contributed by atoms with Crippen molar-refractivity contribution in [3.8, 4) is 0 Å². The molecule has 0 saturated carbocycles. The number of H-pyrrole nitrogens is 1. The highest BCUT2D eigenvalue weighted by molar-refractivity contribution is 5.88. The van der Waals surface area contributed by atoms with E-state index in [1.165, 1.54) is 6.92 Å². The molecule has 1 heterocycles. The molecule has 1 atom stereocenters. The third-order valence-electron chi connectivity index (χ3n) is 3.04. The summed E-state index contributed by atoms with van der Waals surface area (Å²) >= 11 is 0. The minimum atomic E-state index is -0.787. The van der Waals surface area contributed by atoms with Crippen LogP contribution >= 0.6 is 0 Å². The maximum absolute atomic E-state index is 11.4. The molecule has 0 spiro atoms. The second kappa shape index (κ2) is 3.76. The first-order valence-electron chi connectivity index (χ1n) is 5.35. The van der Waals surface area contributed by atoms with Gasteiger partial charge < -0.3 is 10.7 Å². The molecule has 2 aromatic rings. The highest BCUT2D eigenvalue weighted by Crippen LogP contribution is 2.21. The average Bonchev–Trinajstić information content (AvgIpc) is 2.61. The van der Waals surface area contributed by atoms with Crippen LogP contribution in [0.1, 0.15) is 19.4 Å². The molecule has 3 heteroatoms. The molecule has 0 fully saturated rings. The SMILES string of the molecule is CC(=O)[C@](C)(N)Cc1c[nH]c2ccccc12. The zero-order chi connectivity index (χ0) is 11.8. The minimum Gasteiger partial charge on any atom is -0.361 e. The molecule has 0 bridgehead atoms. The van der Waals surface area contributed by atoms with Crippen LogP contribution in [0.15, 0.2) is 30.5 Å². The van der Waals surface area contributed by atoms with Gasteiger partial charge in [-0.1, -0.05) is 18.2 Å². The van der Waals surface area contributed by atoms with Crippen LogP contribution < -0.4 is 5.73 Å². The smallest absolute Gasteiger partial charge is 0.149 e. The number of benzene rings is 1. The van der Waals surface area contributed by atoms with Gasteiger partial charge in [0.15, 0.2) is 0 Å². The van der Waals surface area contributed by atoms with Crippen LogP contribution in [0.2, 0.25) is 0 Å². The molecule has 0 saturated heterocycles. The van der Waals surface area contributed by atoms with Crippen LogP contribution in [0, 0.1) is 0 Å². The van der Waals surface area contributed by atoms with Crippen LogP contribution in [0.3, 0.4) is 0 Å². The Balaban J connectivity index is 2.38. The van der Waals surface area contributed by atoms with Crippen LogP contribution in [0.5, 0.6) is 0 Å². The minimum absolute atomic E-state index is 0.0118. The number of nitrogens with two attached hydrogens (primary N) is 1. The lowest BCUT2D eigenvalue weighted by Crippen LogP contribution is -2.45. The molecule has 3 N–H and O–H groups in total. The summed E-state index contributed by atoms with van der Waals surface area (Å²) in [5.41, 5.74) is 7.37. The van der Waals surface area contributed by atoms with Gasteiger partial charge in [0, 0.05) is 17.1 Å². The molecule has 0 aliphatic heterocycles. The maximum Gasteiger partial charge on any atom is 0.149 e. The lowest BCUT2D eigenvalue weighted by molar-refractivity contribution is -0.121. The topological polar surface area (TPSA) is 58.9 Å². The van der Waals surface area contributed by atoms with Gasteiger partial charge in [-0.3, -0.25) is 4.79 Å². The van der Waals surface area contributed by atoms with Crippen molar-refractivity contribution in [1.29, 1.82) is 0 Å². The maximum atomic E-state index is 11.4. The summed E-state index contributed by atoms with van der Waals surface area (Å²) in [7, 11) is 0. The van der Waals surface area contributed by atoms with E-state index in [4.69, 9.17) is 5.73 Å². The fourth-order valence-corrected chi connectivity index (χ4v) is 1.80. The van der Waals surface area contributed by atoms with E-state index >= 15 is 0 Å². The Morgan fingerprint density at radius 2 is 2.12 bits per heavy atom. The standard InChI is InChI=1S/C13H16N2O/c1-9(16)13(2,14)7-10-8-15-12-6-4-3-5-11(10)12/h3-6,8,15H,7,14H2,1-2H3/t13-/m1/s1. The molecule has 0 amide bonds. The van der Waals surface area contributed by atoms with Crippen LogP contribution in [0.4, 0.5) is 0 Å². The van der Waals surface area contributed by atoms with Crippen molar-refractivity contribution in [2.45, 2.75) is 25.8 Å². The van der Waals surface area contributed by atoms with Gasteiger partial charge in [0.1, 0.15) is 5.78 Å². The van der Waals surface area contributed by atoms with Gasteiger partial charge in [-0.05, 0) is 31.9 Å². The Kier molecular flexibility index (Phi) is 2.56. The van der Waals surface area contributed by atoms with Gasteiger partial charge in [0.25, 0.3) is 0 Å². The Morgan fingerprint density at radius 3 is 2.81 bits per heavy atom. The third kappa shape index (κ3) is 1.86. The normalized spacial score (nSPS) is 14.9. The van der Waals surface area contributed by atoms with Crippen LogP contribution in [-0.2, 0) is 11.2 Å². The summed E-state index contributed by atoms with van der Waals surface area (Å²) in [6.45, 7) is 3.31. The second-order valence-corrected chi connectivity index (χ2v) is 4.51. The molecular formula is C13H16N2O. The van der Waals surface area contributed by atoms with E-state index in [2.05, 4.69) is 4.98 Å². The number of nitrogens with one attached hydrogen (secondary N) is 1. The molecule has 1 aromatic carbocycles. The van der Waals surface area contributed by atoms with Crippen molar-refractivity contribution in [2.75, 3.05) is 0 Å². The van der Waals surface area contributed by atoms with Crippen molar-refractivity contribution in [3.05, 3.63) is 36.0 Å². The van der Waals surface area contributed by atoms with E-state index < -0.39 is 5.54 Å².